The molecule has 22 heavy (non-hydrogen) atoms. The molecule has 1 saturated carbocycles. The molecule has 2 aromatic carbocycles. The molecule has 114 valence electrons. The molecule has 3 rings (SSSR count). The Labute approximate surface area is 132 Å². The molecule has 0 N–H and O–H groups in total. The molecule has 0 bridgehead atoms. The van der Waals surface area contributed by atoms with Gasteiger partial charge in [0.05, 0.1) is 7.11 Å². The maximum absolute atomic E-state index is 12.6. The Morgan fingerprint density at radius 3 is 2.50 bits per heavy atom. The third kappa shape index (κ3) is 2.78. The monoisotopic (exact) mass is 294 g/mol. The highest BCUT2D eigenvalue weighted by atomic mass is 16.5. The van der Waals surface area contributed by atoms with E-state index in [-0.39, 0.29) is 11.7 Å². The van der Waals surface area contributed by atoms with Crippen molar-refractivity contribution in [2.75, 3.05) is 7.11 Å². The topological polar surface area (TPSA) is 26.3 Å². The Morgan fingerprint density at radius 1 is 1.18 bits per heavy atom. The van der Waals surface area contributed by atoms with Crippen LogP contribution in [0.25, 0.3) is 0 Å². The summed E-state index contributed by atoms with van der Waals surface area (Å²) in [5.74, 6) is 1.62. The molecule has 2 nitrogen and oxygen atoms in total. The van der Waals surface area contributed by atoms with E-state index in [1.807, 2.05) is 25.1 Å². The average Bonchev–Trinajstić information content (AvgIpc) is 3.34. The van der Waals surface area contributed by atoms with Crippen molar-refractivity contribution in [2.24, 2.45) is 5.92 Å². The summed E-state index contributed by atoms with van der Waals surface area (Å²) in [7, 11) is 1.65. The number of benzene rings is 2. The van der Waals surface area contributed by atoms with Crippen LogP contribution in [0, 0.1) is 12.8 Å². The van der Waals surface area contributed by atoms with Crippen LogP contribution in [0.2, 0.25) is 0 Å². The molecule has 0 aromatic heterocycles. The van der Waals surface area contributed by atoms with Gasteiger partial charge in [-0.1, -0.05) is 31.2 Å². The standard InChI is InChI=1S/C20H22O2/c1-4-14-5-7-15(8-6-14)17-12-18(17)20(21)16-9-10-19(22-3)13(2)11-16/h5-11,17-18H,4,12H2,1-3H3. The first-order valence-electron chi connectivity index (χ1n) is 7.91. The van der Waals surface area contributed by atoms with E-state index < -0.39 is 0 Å². The van der Waals surface area contributed by atoms with Crippen LogP contribution in [0.15, 0.2) is 42.5 Å². The third-order valence-electron chi connectivity index (χ3n) is 4.62. The Morgan fingerprint density at radius 2 is 1.91 bits per heavy atom. The number of ether oxygens (including phenoxy) is 1. The maximum Gasteiger partial charge on any atom is 0.166 e. The Hall–Kier alpha value is -2.09. The van der Waals surface area contributed by atoms with Crippen molar-refractivity contribution in [1.29, 1.82) is 0 Å². The molecule has 0 aliphatic heterocycles. The van der Waals surface area contributed by atoms with E-state index in [2.05, 4.69) is 31.2 Å². The van der Waals surface area contributed by atoms with Crippen LogP contribution in [0.4, 0.5) is 0 Å². The van der Waals surface area contributed by atoms with Gasteiger partial charge in [-0.25, -0.2) is 0 Å². The van der Waals surface area contributed by atoms with Crippen LogP contribution in [0.3, 0.4) is 0 Å². The van der Waals surface area contributed by atoms with E-state index in [1.165, 1.54) is 11.1 Å². The predicted octanol–water partition coefficient (Wildman–Crippen LogP) is 4.55. The first-order valence-corrected chi connectivity index (χ1v) is 7.91. The number of rotatable bonds is 5. The van der Waals surface area contributed by atoms with Crippen molar-refractivity contribution >= 4 is 5.78 Å². The molecule has 1 aliphatic carbocycles. The van der Waals surface area contributed by atoms with Gasteiger partial charge in [0, 0.05) is 11.5 Å². The van der Waals surface area contributed by atoms with Gasteiger partial charge in [-0.2, -0.15) is 0 Å². The summed E-state index contributed by atoms with van der Waals surface area (Å²) in [4.78, 5) is 12.6. The zero-order valence-corrected chi connectivity index (χ0v) is 13.4. The van der Waals surface area contributed by atoms with E-state index in [9.17, 15) is 4.79 Å². The van der Waals surface area contributed by atoms with Gasteiger partial charge in [0.1, 0.15) is 5.75 Å². The molecule has 0 amide bonds. The normalized spacial score (nSPS) is 19.8. The van der Waals surface area contributed by atoms with Crippen LogP contribution in [0.5, 0.6) is 5.75 Å². The van der Waals surface area contributed by atoms with Crippen molar-refractivity contribution in [1.82, 2.24) is 0 Å². The fraction of sp³-hybridized carbons (Fsp3) is 0.350. The van der Waals surface area contributed by atoms with Gasteiger partial charge in [-0.3, -0.25) is 4.79 Å². The number of Topliss-reactive ketones (excluding diaryl/α,β-unsaturated/α-hetero) is 1. The van der Waals surface area contributed by atoms with Gasteiger partial charge < -0.3 is 4.74 Å². The second kappa shape index (κ2) is 5.96. The van der Waals surface area contributed by atoms with Crippen molar-refractivity contribution in [3.05, 3.63) is 64.7 Å². The van der Waals surface area contributed by atoms with Crippen LogP contribution in [-0.2, 0) is 6.42 Å². The van der Waals surface area contributed by atoms with Crippen LogP contribution < -0.4 is 4.74 Å². The summed E-state index contributed by atoms with van der Waals surface area (Å²) in [5.41, 5.74) is 4.45. The summed E-state index contributed by atoms with van der Waals surface area (Å²) in [6.45, 7) is 4.13. The molecule has 2 aromatic rings. The SMILES string of the molecule is CCc1ccc(C2CC2C(=O)c2ccc(OC)c(C)c2)cc1. The first-order chi connectivity index (χ1) is 10.6. The van der Waals surface area contributed by atoms with E-state index in [1.54, 1.807) is 7.11 Å². The molecule has 0 radical (unpaired) electrons. The van der Waals surface area contributed by atoms with Gasteiger partial charge in [-0.15, -0.1) is 0 Å². The number of ketones is 1. The number of aryl methyl sites for hydroxylation is 2. The van der Waals surface area contributed by atoms with E-state index in [0.29, 0.717) is 5.92 Å². The largest absolute Gasteiger partial charge is 0.496 e. The summed E-state index contributed by atoms with van der Waals surface area (Å²) in [6.07, 6.45) is 2.02. The third-order valence-corrected chi connectivity index (χ3v) is 4.62. The Bertz CT molecular complexity index is 685. The molecule has 1 fully saturated rings. The maximum atomic E-state index is 12.6. The van der Waals surface area contributed by atoms with E-state index >= 15 is 0 Å². The molecule has 2 unspecified atom stereocenters. The summed E-state index contributed by atoms with van der Waals surface area (Å²) in [5, 5.41) is 0. The van der Waals surface area contributed by atoms with Crippen molar-refractivity contribution in [3.8, 4) is 5.75 Å². The van der Waals surface area contributed by atoms with Gasteiger partial charge >= 0.3 is 0 Å². The average molecular weight is 294 g/mol. The van der Waals surface area contributed by atoms with Gasteiger partial charge in [0.25, 0.3) is 0 Å². The number of carbonyl (C=O) groups excluding carboxylic acids is 1. The number of methoxy groups -OCH3 is 1. The molecule has 0 spiro atoms. The minimum absolute atomic E-state index is 0.139. The lowest BCUT2D eigenvalue weighted by Crippen LogP contribution is -2.04. The van der Waals surface area contributed by atoms with E-state index in [4.69, 9.17) is 4.74 Å². The Kier molecular flexibility index (Phi) is 4.02. The van der Waals surface area contributed by atoms with E-state index in [0.717, 1.165) is 29.7 Å². The molecule has 0 heterocycles. The van der Waals surface area contributed by atoms with Crippen molar-refractivity contribution < 1.29 is 9.53 Å². The van der Waals surface area contributed by atoms with Gasteiger partial charge in [-0.05, 0) is 60.6 Å². The molecule has 2 atom stereocenters. The zero-order chi connectivity index (χ0) is 15.7. The number of carbonyl (C=O) groups is 1. The Balaban J connectivity index is 1.73. The minimum atomic E-state index is 0.139. The van der Waals surface area contributed by atoms with Crippen LogP contribution in [-0.4, -0.2) is 12.9 Å². The zero-order valence-electron chi connectivity index (χ0n) is 13.4. The van der Waals surface area contributed by atoms with Crippen molar-refractivity contribution in [3.63, 3.8) is 0 Å². The minimum Gasteiger partial charge on any atom is -0.496 e. The fourth-order valence-corrected chi connectivity index (χ4v) is 3.10. The molecule has 2 heteroatoms. The molecule has 1 aliphatic rings. The predicted molar refractivity (Wildman–Crippen MR) is 88.7 cm³/mol. The lowest BCUT2D eigenvalue weighted by molar-refractivity contribution is 0.0965. The molecular weight excluding hydrogens is 272 g/mol. The highest BCUT2D eigenvalue weighted by Gasteiger charge is 2.43. The van der Waals surface area contributed by atoms with Crippen molar-refractivity contribution in [2.45, 2.75) is 32.6 Å². The smallest absolute Gasteiger partial charge is 0.166 e. The summed E-state index contributed by atoms with van der Waals surface area (Å²) < 4.78 is 5.26. The molecular formula is C20H22O2. The summed E-state index contributed by atoms with van der Waals surface area (Å²) in [6, 6.07) is 14.4. The lowest BCUT2D eigenvalue weighted by atomic mass is 10.00. The second-order valence-electron chi connectivity index (χ2n) is 6.09. The fourth-order valence-electron chi connectivity index (χ4n) is 3.10. The first kappa shape index (κ1) is 14.8. The number of hydrogen-bond acceptors (Lipinski definition) is 2. The highest BCUT2D eigenvalue weighted by molar-refractivity contribution is 6.00. The second-order valence-corrected chi connectivity index (χ2v) is 6.09. The molecule has 0 saturated heterocycles. The quantitative estimate of drug-likeness (QED) is 0.756. The van der Waals surface area contributed by atoms with Gasteiger partial charge in [0.15, 0.2) is 5.78 Å². The van der Waals surface area contributed by atoms with Crippen LogP contribution in [0.1, 0.15) is 46.3 Å². The van der Waals surface area contributed by atoms with Gasteiger partial charge in [0.2, 0.25) is 0 Å². The number of hydrogen-bond donors (Lipinski definition) is 0. The lowest BCUT2D eigenvalue weighted by Gasteiger charge is -2.07. The highest BCUT2D eigenvalue weighted by Crippen LogP contribution is 2.49. The summed E-state index contributed by atoms with van der Waals surface area (Å²) >= 11 is 0. The van der Waals surface area contributed by atoms with Crippen LogP contribution >= 0.6 is 0 Å².